The van der Waals surface area contributed by atoms with Crippen LogP contribution in [0.1, 0.15) is 25.3 Å². The first kappa shape index (κ1) is 20.7. The smallest absolute Gasteiger partial charge is 0.240 e. The van der Waals surface area contributed by atoms with E-state index in [1.54, 1.807) is 12.1 Å². The van der Waals surface area contributed by atoms with Crippen molar-refractivity contribution < 1.29 is 17.9 Å². The van der Waals surface area contributed by atoms with Gasteiger partial charge in [-0.1, -0.05) is 32.0 Å². The fourth-order valence-electron chi connectivity index (χ4n) is 2.95. The summed E-state index contributed by atoms with van der Waals surface area (Å²) in [4.78, 5) is 14.6. The highest BCUT2D eigenvalue weighted by Crippen LogP contribution is 2.28. The second-order valence-electron chi connectivity index (χ2n) is 6.79. The molecular weight excluding hydrogens is 354 g/mol. The lowest BCUT2D eigenvalue weighted by atomic mass is 10.0. The topological polar surface area (TPSA) is 79.0 Å². The Morgan fingerprint density at radius 3 is 2.54 bits per heavy atom. The number of rotatable bonds is 8. The third-order valence-electron chi connectivity index (χ3n) is 4.37. The van der Waals surface area contributed by atoms with Gasteiger partial charge in [-0.05, 0) is 17.5 Å². The van der Waals surface area contributed by atoms with Crippen LogP contribution in [0.3, 0.4) is 0 Å². The SMILES string of the molecule is CC(C)c1ccccc1N(CC(=O)NCCN1CCOCC1)S(C)(=O)=O. The van der Waals surface area contributed by atoms with Crippen molar-refractivity contribution in [2.75, 3.05) is 56.5 Å². The van der Waals surface area contributed by atoms with E-state index in [9.17, 15) is 13.2 Å². The second kappa shape index (κ2) is 9.34. The number of nitrogens with zero attached hydrogens (tertiary/aromatic N) is 2. The van der Waals surface area contributed by atoms with Crippen molar-refractivity contribution in [3.63, 3.8) is 0 Å². The van der Waals surface area contributed by atoms with Gasteiger partial charge in [0.2, 0.25) is 15.9 Å². The fraction of sp³-hybridized carbons (Fsp3) is 0.611. The summed E-state index contributed by atoms with van der Waals surface area (Å²) in [6.07, 6.45) is 1.13. The number of hydrogen-bond acceptors (Lipinski definition) is 5. The van der Waals surface area contributed by atoms with Crippen LogP contribution in [0.5, 0.6) is 0 Å². The minimum atomic E-state index is -3.57. The van der Waals surface area contributed by atoms with Crippen molar-refractivity contribution in [3.8, 4) is 0 Å². The van der Waals surface area contributed by atoms with Crippen LogP contribution in [0.2, 0.25) is 0 Å². The van der Waals surface area contributed by atoms with Crippen LogP contribution in [0.4, 0.5) is 5.69 Å². The van der Waals surface area contributed by atoms with Gasteiger partial charge in [0.1, 0.15) is 6.54 Å². The van der Waals surface area contributed by atoms with Crippen molar-refractivity contribution in [1.82, 2.24) is 10.2 Å². The van der Waals surface area contributed by atoms with Crippen LogP contribution in [-0.2, 0) is 19.6 Å². The van der Waals surface area contributed by atoms with Crippen molar-refractivity contribution in [2.45, 2.75) is 19.8 Å². The molecule has 8 heteroatoms. The van der Waals surface area contributed by atoms with Gasteiger partial charge in [-0.15, -0.1) is 0 Å². The van der Waals surface area contributed by atoms with Crippen LogP contribution in [0.15, 0.2) is 24.3 Å². The molecule has 1 saturated heterocycles. The molecule has 0 aliphatic carbocycles. The van der Waals surface area contributed by atoms with E-state index >= 15 is 0 Å². The molecule has 0 atom stereocenters. The van der Waals surface area contributed by atoms with Crippen LogP contribution < -0.4 is 9.62 Å². The molecule has 0 spiro atoms. The first-order valence-corrected chi connectivity index (χ1v) is 10.8. The predicted octanol–water partition coefficient (Wildman–Crippen LogP) is 1.02. The zero-order valence-corrected chi connectivity index (χ0v) is 16.6. The summed E-state index contributed by atoms with van der Waals surface area (Å²) in [5.41, 5.74) is 1.47. The number of para-hydroxylation sites is 1. The van der Waals surface area contributed by atoms with Gasteiger partial charge in [0.15, 0.2) is 0 Å². The molecule has 0 aromatic heterocycles. The number of carbonyl (C=O) groups excluding carboxylic acids is 1. The second-order valence-corrected chi connectivity index (χ2v) is 8.69. The number of sulfonamides is 1. The molecule has 1 aliphatic heterocycles. The van der Waals surface area contributed by atoms with Gasteiger partial charge in [-0.25, -0.2) is 8.42 Å². The molecule has 0 bridgehead atoms. The van der Waals surface area contributed by atoms with Gasteiger partial charge in [0, 0.05) is 26.2 Å². The highest BCUT2D eigenvalue weighted by atomic mass is 32.2. The highest BCUT2D eigenvalue weighted by molar-refractivity contribution is 7.92. The highest BCUT2D eigenvalue weighted by Gasteiger charge is 2.23. The first-order chi connectivity index (χ1) is 12.3. The monoisotopic (exact) mass is 383 g/mol. The van der Waals surface area contributed by atoms with E-state index in [-0.39, 0.29) is 18.4 Å². The van der Waals surface area contributed by atoms with Gasteiger partial charge in [0.05, 0.1) is 25.2 Å². The summed E-state index contributed by atoms with van der Waals surface area (Å²) >= 11 is 0. The Morgan fingerprint density at radius 2 is 1.92 bits per heavy atom. The number of benzene rings is 1. The molecule has 1 aromatic rings. The Morgan fingerprint density at radius 1 is 1.27 bits per heavy atom. The molecular formula is C18H29N3O4S. The summed E-state index contributed by atoms with van der Waals surface area (Å²) in [5, 5.41) is 2.82. The van der Waals surface area contributed by atoms with Crippen LogP contribution in [-0.4, -0.2) is 71.4 Å². The Hall–Kier alpha value is -1.64. The number of amides is 1. The molecule has 2 rings (SSSR count). The Balaban J connectivity index is 2.01. The normalized spacial score (nSPS) is 15.8. The van der Waals surface area contributed by atoms with Crippen LogP contribution >= 0.6 is 0 Å². The lowest BCUT2D eigenvalue weighted by Crippen LogP contribution is -2.44. The maximum absolute atomic E-state index is 12.3. The number of anilines is 1. The van der Waals surface area contributed by atoms with Gasteiger partial charge >= 0.3 is 0 Å². The lowest BCUT2D eigenvalue weighted by Gasteiger charge is -2.27. The first-order valence-electron chi connectivity index (χ1n) is 8.92. The van der Waals surface area contributed by atoms with E-state index in [4.69, 9.17) is 4.74 Å². The van der Waals surface area contributed by atoms with E-state index in [1.807, 2.05) is 26.0 Å². The molecule has 0 unspecified atom stereocenters. The summed E-state index contributed by atoms with van der Waals surface area (Å²) < 4.78 is 31.1. The van der Waals surface area contributed by atoms with E-state index in [2.05, 4.69) is 10.2 Å². The van der Waals surface area contributed by atoms with E-state index in [1.165, 1.54) is 4.31 Å². The molecule has 1 aromatic carbocycles. The number of carbonyl (C=O) groups is 1. The molecule has 1 aliphatic rings. The largest absolute Gasteiger partial charge is 0.379 e. The minimum Gasteiger partial charge on any atom is -0.379 e. The zero-order chi connectivity index (χ0) is 19.2. The molecule has 26 heavy (non-hydrogen) atoms. The standard InChI is InChI=1S/C18H29N3O4S/c1-15(2)16-6-4-5-7-17(16)21(26(3,23)24)14-18(22)19-8-9-20-10-12-25-13-11-20/h4-7,15H,8-14H2,1-3H3,(H,19,22). The minimum absolute atomic E-state index is 0.153. The maximum Gasteiger partial charge on any atom is 0.240 e. The molecule has 1 amide bonds. The number of ether oxygens (including phenoxy) is 1. The van der Waals surface area contributed by atoms with E-state index in [0.29, 0.717) is 25.4 Å². The molecule has 0 saturated carbocycles. The van der Waals surface area contributed by atoms with Crippen molar-refractivity contribution in [1.29, 1.82) is 0 Å². The van der Waals surface area contributed by atoms with Crippen molar-refractivity contribution in [3.05, 3.63) is 29.8 Å². The van der Waals surface area contributed by atoms with Crippen LogP contribution in [0.25, 0.3) is 0 Å². The molecule has 0 radical (unpaired) electrons. The average molecular weight is 384 g/mol. The average Bonchev–Trinajstić information content (AvgIpc) is 2.59. The fourth-order valence-corrected chi connectivity index (χ4v) is 3.82. The van der Waals surface area contributed by atoms with E-state index < -0.39 is 10.0 Å². The molecule has 1 N–H and O–H groups in total. The van der Waals surface area contributed by atoms with Crippen LogP contribution in [0, 0.1) is 0 Å². The Kier molecular flexibility index (Phi) is 7.43. The molecule has 146 valence electrons. The number of morpholine rings is 1. The van der Waals surface area contributed by atoms with Crippen molar-refractivity contribution >= 4 is 21.6 Å². The summed E-state index contributed by atoms with van der Waals surface area (Å²) in [5.74, 6) is -0.151. The number of hydrogen-bond donors (Lipinski definition) is 1. The third-order valence-corrected chi connectivity index (χ3v) is 5.50. The van der Waals surface area contributed by atoms with E-state index in [0.717, 1.165) is 31.5 Å². The van der Waals surface area contributed by atoms with Crippen molar-refractivity contribution in [2.24, 2.45) is 0 Å². The Labute approximate surface area is 156 Å². The predicted molar refractivity (Wildman–Crippen MR) is 103 cm³/mol. The maximum atomic E-state index is 12.3. The quantitative estimate of drug-likeness (QED) is 0.725. The van der Waals surface area contributed by atoms with Gasteiger partial charge < -0.3 is 10.1 Å². The lowest BCUT2D eigenvalue weighted by molar-refractivity contribution is -0.119. The Bertz CT molecular complexity index is 700. The molecule has 7 nitrogen and oxygen atoms in total. The van der Waals surface area contributed by atoms with Gasteiger partial charge in [-0.2, -0.15) is 0 Å². The molecule has 1 fully saturated rings. The molecule has 1 heterocycles. The number of nitrogens with one attached hydrogen (secondary N) is 1. The summed E-state index contributed by atoms with van der Waals surface area (Å²) in [6, 6.07) is 7.31. The summed E-state index contributed by atoms with van der Waals surface area (Å²) in [6.45, 7) is 8.14. The third kappa shape index (κ3) is 5.96. The summed E-state index contributed by atoms with van der Waals surface area (Å²) in [7, 11) is -3.57. The van der Waals surface area contributed by atoms with Gasteiger partial charge in [-0.3, -0.25) is 14.0 Å². The van der Waals surface area contributed by atoms with Gasteiger partial charge in [0.25, 0.3) is 0 Å². The zero-order valence-electron chi connectivity index (χ0n) is 15.8.